The number of methoxy groups -OCH3 is 1. The molecule has 1 unspecified atom stereocenters. The number of carbonyl (C=O) groups is 2. The average Bonchev–Trinajstić information content (AvgIpc) is 3.39. The van der Waals surface area contributed by atoms with Gasteiger partial charge in [-0.1, -0.05) is 30.1 Å². The zero-order valence-corrected chi connectivity index (χ0v) is 15.9. The number of urea groups is 1. The van der Waals surface area contributed by atoms with E-state index in [2.05, 4.69) is 15.5 Å². The molecule has 2 fully saturated rings. The maximum absolute atomic E-state index is 13.0. The van der Waals surface area contributed by atoms with Crippen molar-refractivity contribution in [1.29, 1.82) is 0 Å². The van der Waals surface area contributed by atoms with Gasteiger partial charge >= 0.3 is 6.03 Å². The summed E-state index contributed by atoms with van der Waals surface area (Å²) in [6.45, 7) is 1.57. The number of nitrogens with two attached hydrogens (primary N) is 1. The monoisotopic (exact) mass is 385 g/mol. The van der Waals surface area contributed by atoms with E-state index in [0.29, 0.717) is 17.1 Å². The summed E-state index contributed by atoms with van der Waals surface area (Å²) in [6, 6.07) is 6.49. The molecule has 3 N–H and O–H groups in total. The molecule has 1 aliphatic heterocycles. The first-order valence-corrected chi connectivity index (χ1v) is 9.26. The van der Waals surface area contributed by atoms with Gasteiger partial charge in [-0.3, -0.25) is 9.69 Å². The predicted octanol–water partition coefficient (Wildman–Crippen LogP) is 1.77. The van der Waals surface area contributed by atoms with Crippen LogP contribution in [0.5, 0.6) is 5.75 Å². The molecule has 1 atom stereocenters. The highest BCUT2D eigenvalue weighted by molar-refractivity contribution is 6.07. The zero-order chi connectivity index (χ0) is 19.9. The Morgan fingerprint density at radius 3 is 2.57 bits per heavy atom. The molecule has 0 radical (unpaired) electrons. The molecule has 0 spiro atoms. The Labute approximate surface area is 162 Å². The molecular weight excluding hydrogens is 362 g/mol. The largest absolute Gasteiger partial charge is 0.497 e. The number of nitrogens with one attached hydrogen (secondary N) is 1. The fourth-order valence-corrected chi connectivity index (χ4v) is 3.85. The van der Waals surface area contributed by atoms with Gasteiger partial charge in [-0.15, -0.1) is 0 Å². The number of imide groups is 1. The van der Waals surface area contributed by atoms with Gasteiger partial charge in [-0.25, -0.2) is 4.79 Å². The third kappa shape index (κ3) is 2.91. The lowest BCUT2D eigenvalue weighted by atomic mass is 9.92. The summed E-state index contributed by atoms with van der Waals surface area (Å²) in [5, 5.41) is 6.74. The summed E-state index contributed by atoms with van der Waals surface area (Å²) in [7, 11) is 1.57. The first-order chi connectivity index (χ1) is 13.4. The second kappa shape index (κ2) is 6.59. The topological polar surface area (TPSA) is 124 Å². The van der Waals surface area contributed by atoms with Crippen LogP contribution in [0.25, 0.3) is 0 Å². The summed E-state index contributed by atoms with van der Waals surface area (Å²) < 4.78 is 10.4. The minimum atomic E-state index is -1.17. The van der Waals surface area contributed by atoms with Crippen molar-refractivity contribution < 1.29 is 18.8 Å². The molecule has 1 saturated carbocycles. The molecule has 3 amide bonds. The van der Waals surface area contributed by atoms with Crippen molar-refractivity contribution in [2.75, 3.05) is 7.11 Å². The number of nitrogens with zero attached hydrogens (tertiary/aromatic N) is 3. The Hall–Kier alpha value is -2.94. The summed E-state index contributed by atoms with van der Waals surface area (Å²) in [5.41, 5.74) is 5.24. The van der Waals surface area contributed by atoms with Crippen LogP contribution in [-0.4, -0.2) is 34.1 Å². The lowest BCUT2D eigenvalue weighted by Crippen LogP contribution is -2.40. The predicted molar refractivity (Wildman–Crippen MR) is 98.1 cm³/mol. The Balaban J connectivity index is 1.53. The number of carbonyl (C=O) groups excluding carboxylic acids is 2. The van der Waals surface area contributed by atoms with Crippen LogP contribution >= 0.6 is 0 Å². The summed E-state index contributed by atoms with van der Waals surface area (Å²) >= 11 is 0. The van der Waals surface area contributed by atoms with Crippen LogP contribution in [0.15, 0.2) is 28.8 Å². The second-order valence-corrected chi connectivity index (χ2v) is 7.55. The molecule has 148 valence electrons. The van der Waals surface area contributed by atoms with Crippen molar-refractivity contribution in [1.82, 2.24) is 20.4 Å². The van der Waals surface area contributed by atoms with E-state index in [0.717, 1.165) is 30.6 Å². The van der Waals surface area contributed by atoms with Gasteiger partial charge in [0.05, 0.1) is 12.6 Å². The molecule has 2 aliphatic rings. The molecule has 0 bridgehead atoms. The number of hydrogen-bond acceptors (Lipinski definition) is 7. The number of aromatic nitrogens is 2. The van der Waals surface area contributed by atoms with Crippen LogP contribution in [0.1, 0.15) is 49.9 Å². The van der Waals surface area contributed by atoms with Crippen molar-refractivity contribution in [3.63, 3.8) is 0 Å². The quantitative estimate of drug-likeness (QED) is 0.752. The van der Waals surface area contributed by atoms with Crippen molar-refractivity contribution in [2.24, 2.45) is 5.73 Å². The molecule has 1 saturated heterocycles. The molecule has 1 aliphatic carbocycles. The van der Waals surface area contributed by atoms with Gasteiger partial charge in [0, 0.05) is 0 Å². The van der Waals surface area contributed by atoms with Crippen molar-refractivity contribution in [3.8, 4) is 5.75 Å². The van der Waals surface area contributed by atoms with Gasteiger partial charge in [0.2, 0.25) is 5.89 Å². The fraction of sp³-hybridized carbons (Fsp3) is 0.474. The minimum absolute atomic E-state index is 0.0977. The van der Waals surface area contributed by atoms with E-state index in [9.17, 15) is 9.59 Å². The molecular formula is C19H23N5O4. The minimum Gasteiger partial charge on any atom is -0.497 e. The molecule has 9 nitrogen and oxygen atoms in total. The lowest BCUT2D eigenvalue weighted by Gasteiger charge is -2.22. The van der Waals surface area contributed by atoms with E-state index in [1.165, 1.54) is 0 Å². The molecule has 1 aromatic carbocycles. The number of rotatable bonds is 5. The highest BCUT2D eigenvalue weighted by Gasteiger charge is 2.49. The third-order valence-corrected chi connectivity index (χ3v) is 5.64. The van der Waals surface area contributed by atoms with Gasteiger partial charge in [0.1, 0.15) is 17.8 Å². The van der Waals surface area contributed by atoms with Gasteiger partial charge in [-0.2, -0.15) is 4.98 Å². The average molecular weight is 385 g/mol. The maximum Gasteiger partial charge on any atom is 0.325 e. The Morgan fingerprint density at radius 2 is 1.93 bits per heavy atom. The number of hydrogen-bond donors (Lipinski definition) is 2. The SMILES string of the molecule is COc1ccc(C2(C)NC(=O)N(Cc3nc(C4(N)CCCC4)no3)C2=O)cc1. The second-order valence-electron chi connectivity index (χ2n) is 7.55. The molecule has 28 heavy (non-hydrogen) atoms. The smallest absolute Gasteiger partial charge is 0.325 e. The van der Waals surface area contributed by atoms with E-state index in [-0.39, 0.29) is 18.3 Å². The van der Waals surface area contributed by atoms with E-state index < -0.39 is 17.1 Å². The first kappa shape index (κ1) is 18.4. The van der Waals surface area contributed by atoms with E-state index in [4.69, 9.17) is 15.0 Å². The van der Waals surface area contributed by atoms with Crippen molar-refractivity contribution in [3.05, 3.63) is 41.5 Å². The molecule has 9 heteroatoms. The van der Waals surface area contributed by atoms with Gasteiger partial charge in [-0.05, 0) is 37.5 Å². The third-order valence-electron chi connectivity index (χ3n) is 5.64. The van der Waals surface area contributed by atoms with E-state index in [1.54, 1.807) is 38.3 Å². The fourth-order valence-electron chi connectivity index (χ4n) is 3.85. The van der Waals surface area contributed by atoms with Crippen LogP contribution in [-0.2, 0) is 22.4 Å². The molecule has 2 aromatic rings. The molecule has 2 heterocycles. The maximum atomic E-state index is 13.0. The number of amides is 3. The summed E-state index contributed by atoms with van der Waals surface area (Å²) in [6.07, 6.45) is 3.64. The normalized spacial score (nSPS) is 23.9. The Kier molecular flexibility index (Phi) is 4.34. The van der Waals surface area contributed by atoms with Crippen LogP contribution < -0.4 is 15.8 Å². The first-order valence-electron chi connectivity index (χ1n) is 9.26. The highest BCUT2D eigenvalue weighted by Crippen LogP contribution is 2.35. The van der Waals surface area contributed by atoms with Crippen LogP contribution in [0.4, 0.5) is 4.79 Å². The Morgan fingerprint density at radius 1 is 1.25 bits per heavy atom. The molecule has 1 aromatic heterocycles. The van der Waals surface area contributed by atoms with Crippen LogP contribution in [0, 0.1) is 0 Å². The highest BCUT2D eigenvalue weighted by atomic mass is 16.5. The van der Waals surface area contributed by atoms with Gasteiger partial charge in [0.25, 0.3) is 5.91 Å². The lowest BCUT2D eigenvalue weighted by molar-refractivity contribution is -0.131. The van der Waals surface area contributed by atoms with Crippen LogP contribution in [0.3, 0.4) is 0 Å². The van der Waals surface area contributed by atoms with Crippen molar-refractivity contribution in [2.45, 2.75) is 50.2 Å². The molecule has 4 rings (SSSR count). The van der Waals surface area contributed by atoms with E-state index in [1.807, 2.05) is 0 Å². The van der Waals surface area contributed by atoms with E-state index >= 15 is 0 Å². The summed E-state index contributed by atoms with van der Waals surface area (Å²) in [5.74, 6) is 0.909. The van der Waals surface area contributed by atoms with Gasteiger partial charge in [0.15, 0.2) is 5.82 Å². The van der Waals surface area contributed by atoms with Crippen LogP contribution in [0.2, 0.25) is 0 Å². The number of benzene rings is 1. The standard InChI is InChI=1S/C19H23N5O4/c1-18(12-5-7-13(27-2)8-6-12)16(25)24(17(26)22-18)11-14-21-15(23-28-14)19(20)9-3-4-10-19/h5-8H,3-4,9-11,20H2,1-2H3,(H,22,26). The van der Waals surface area contributed by atoms with Gasteiger partial charge < -0.3 is 20.3 Å². The Bertz CT molecular complexity index is 903. The van der Waals surface area contributed by atoms with Crippen molar-refractivity contribution >= 4 is 11.9 Å². The zero-order valence-electron chi connectivity index (χ0n) is 15.9. The number of ether oxygens (including phenoxy) is 1. The summed E-state index contributed by atoms with van der Waals surface area (Å²) in [4.78, 5) is 30.9.